The summed E-state index contributed by atoms with van der Waals surface area (Å²) in [5, 5.41) is 0. The maximum Gasteiger partial charge on any atom is 0.306 e. The van der Waals surface area contributed by atoms with Gasteiger partial charge in [-0.15, -0.1) is 0 Å². The summed E-state index contributed by atoms with van der Waals surface area (Å²) in [6.07, 6.45) is 86.8. The number of hydrogen-bond donors (Lipinski definition) is 0. The Morgan fingerprint density at radius 2 is 0.456 bits per heavy atom. The monoisotopic (exact) mass is 1110 g/mol. The van der Waals surface area contributed by atoms with Crippen molar-refractivity contribution in [2.24, 2.45) is 0 Å². The predicted molar refractivity (Wildman–Crippen MR) is 344 cm³/mol. The molecule has 0 aromatic carbocycles. The van der Waals surface area contributed by atoms with Gasteiger partial charge in [0, 0.05) is 19.3 Å². The molecule has 0 fully saturated rings. The van der Waals surface area contributed by atoms with Gasteiger partial charge in [0.25, 0.3) is 0 Å². The second kappa shape index (κ2) is 67.6. The number of carbonyl (C=O) groups excluding carboxylic acids is 3. The van der Waals surface area contributed by atoms with E-state index in [1.165, 1.54) is 225 Å². The summed E-state index contributed by atoms with van der Waals surface area (Å²) in [7, 11) is 0. The number of carbonyl (C=O) groups is 3. The van der Waals surface area contributed by atoms with E-state index in [0.717, 1.165) is 103 Å². The van der Waals surface area contributed by atoms with Crippen LogP contribution in [0.4, 0.5) is 0 Å². The zero-order valence-electron chi connectivity index (χ0n) is 52.9. The van der Waals surface area contributed by atoms with Gasteiger partial charge in [0.05, 0.1) is 0 Å². The lowest BCUT2D eigenvalue weighted by Crippen LogP contribution is -2.30. The molecule has 0 saturated carbocycles. The van der Waals surface area contributed by atoms with Crippen LogP contribution in [-0.2, 0) is 28.6 Å². The Balaban J connectivity index is 4.18. The summed E-state index contributed by atoms with van der Waals surface area (Å²) in [5.41, 5.74) is 0. The molecule has 79 heavy (non-hydrogen) atoms. The summed E-state index contributed by atoms with van der Waals surface area (Å²) >= 11 is 0. The van der Waals surface area contributed by atoms with E-state index in [1.54, 1.807) is 0 Å². The minimum Gasteiger partial charge on any atom is -0.462 e. The van der Waals surface area contributed by atoms with Crippen molar-refractivity contribution in [2.45, 2.75) is 374 Å². The molecule has 0 aromatic heterocycles. The molecular weight excluding hydrogens is 973 g/mol. The van der Waals surface area contributed by atoms with Gasteiger partial charge in [0.2, 0.25) is 0 Å². The van der Waals surface area contributed by atoms with E-state index in [2.05, 4.69) is 81.5 Å². The molecule has 0 saturated heterocycles. The maximum absolute atomic E-state index is 12.9. The van der Waals surface area contributed by atoms with Gasteiger partial charge in [-0.2, -0.15) is 0 Å². The third kappa shape index (κ3) is 65.8. The van der Waals surface area contributed by atoms with Crippen molar-refractivity contribution < 1.29 is 28.6 Å². The molecule has 0 aliphatic rings. The van der Waals surface area contributed by atoms with E-state index in [1.807, 2.05) is 0 Å². The number of esters is 3. The molecule has 0 aromatic rings. The van der Waals surface area contributed by atoms with Crippen LogP contribution in [-0.4, -0.2) is 37.2 Å². The van der Waals surface area contributed by atoms with Gasteiger partial charge in [0.1, 0.15) is 13.2 Å². The van der Waals surface area contributed by atoms with Gasteiger partial charge < -0.3 is 14.2 Å². The molecule has 0 radical (unpaired) electrons. The summed E-state index contributed by atoms with van der Waals surface area (Å²) < 4.78 is 16.9. The molecule has 0 spiro atoms. The fourth-order valence-corrected chi connectivity index (χ4v) is 10.2. The zero-order chi connectivity index (χ0) is 57.1. The van der Waals surface area contributed by atoms with Gasteiger partial charge in [-0.1, -0.05) is 300 Å². The SMILES string of the molecule is CCCCC/C=C\C/C=C\CCCCCCCC(=O)OCC(COC(=O)CCCCCCCCCCCCCCCCCCCCC/C=C\CCCCCCCCCC)OC(=O)CCCCCCC/C=C\C/C=C\CCCCC. The molecule has 1 unspecified atom stereocenters. The summed E-state index contributed by atoms with van der Waals surface area (Å²) in [4.78, 5) is 38.3. The van der Waals surface area contributed by atoms with Gasteiger partial charge >= 0.3 is 17.9 Å². The minimum absolute atomic E-state index is 0.0816. The molecule has 0 heterocycles. The topological polar surface area (TPSA) is 78.9 Å². The number of unbranched alkanes of at least 4 members (excludes halogenated alkanes) is 43. The third-order valence-electron chi connectivity index (χ3n) is 15.5. The summed E-state index contributed by atoms with van der Waals surface area (Å²) in [6.45, 7) is 6.61. The van der Waals surface area contributed by atoms with E-state index in [0.29, 0.717) is 19.3 Å². The Kier molecular flexibility index (Phi) is 65.1. The highest BCUT2D eigenvalue weighted by atomic mass is 16.6. The van der Waals surface area contributed by atoms with Crippen LogP contribution < -0.4 is 0 Å². The van der Waals surface area contributed by atoms with Crippen LogP contribution in [0.5, 0.6) is 0 Å². The average Bonchev–Trinajstić information content (AvgIpc) is 3.45. The lowest BCUT2D eigenvalue weighted by Gasteiger charge is -2.18. The van der Waals surface area contributed by atoms with Crippen LogP contribution in [0.15, 0.2) is 60.8 Å². The van der Waals surface area contributed by atoms with Crippen molar-refractivity contribution >= 4 is 17.9 Å². The Hall–Kier alpha value is -2.89. The highest BCUT2D eigenvalue weighted by Crippen LogP contribution is 2.18. The summed E-state index contributed by atoms with van der Waals surface area (Å²) in [5.74, 6) is -0.891. The molecule has 460 valence electrons. The minimum atomic E-state index is -0.787. The van der Waals surface area contributed by atoms with Crippen LogP contribution >= 0.6 is 0 Å². The van der Waals surface area contributed by atoms with Crippen LogP contribution in [0.2, 0.25) is 0 Å². The van der Waals surface area contributed by atoms with Crippen molar-refractivity contribution in [3.63, 3.8) is 0 Å². The van der Waals surface area contributed by atoms with E-state index in [-0.39, 0.29) is 31.1 Å². The van der Waals surface area contributed by atoms with Gasteiger partial charge in [0.15, 0.2) is 6.10 Å². The fourth-order valence-electron chi connectivity index (χ4n) is 10.2. The highest BCUT2D eigenvalue weighted by molar-refractivity contribution is 5.71. The quantitative estimate of drug-likeness (QED) is 0.0261. The molecule has 0 aliphatic heterocycles. The lowest BCUT2D eigenvalue weighted by molar-refractivity contribution is -0.167. The van der Waals surface area contributed by atoms with Crippen molar-refractivity contribution in [2.75, 3.05) is 13.2 Å². The van der Waals surface area contributed by atoms with Crippen LogP contribution in [0.3, 0.4) is 0 Å². The molecule has 0 aliphatic carbocycles. The van der Waals surface area contributed by atoms with E-state index in [4.69, 9.17) is 14.2 Å². The van der Waals surface area contributed by atoms with Crippen LogP contribution in [0, 0.1) is 0 Å². The van der Waals surface area contributed by atoms with Crippen molar-refractivity contribution in [1.29, 1.82) is 0 Å². The van der Waals surface area contributed by atoms with Gasteiger partial charge in [-0.25, -0.2) is 0 Å². The number of ether oxygens (including phenoxy) is 3. The molecule has 0 bridgehead atoms. The molecular formula is C73H132O6. The van der Waals surface area contributed by atoms with Gasteiger partial charge in [-0.3, -0.25) is 14.4 Å². The molecule has 0 rings (SSSR count). The molecule has 1 atom stereocenters. The number of hydrogen-bond acceptors (Lipinski definition) is 6. The summed E-state index contributed by atoms with van der Waals surface area (Å²) in [6, 6.07) is 0. The Morgan fingerprint density at radius 1 is 0.253 bits per heavy atom. The largest absolute Gasteiger partial charge is 0.462 e. The normalized spacial score (nSPS) is 12.4. The van der Waals surface area contributed by atoms with Crippen molar-refractivity contribution in [1.82, 2.24) is 0 Å². The van der Waals surface area contributed by atoms with Gasteiger partial charge in [-0.05, 0) is 109 Å². The zero-order valence-corrected chi connectivity index (χ0v) is 52.9. The third-order valence-corrected chi connectivity index (χ3v) is 15.5. The fraction of sp³-hybridized carbons (Fsp3) is 0.822. The van der Waals surface area contributed by atoms with Crippen molar-refractivity contribution in [3.05, 3.63) is 60.8 Å². The first-order valence-corrected chi connectivity index (χ1v) is 34.8. The van der Waals surface area contributed by atoms with Crippen LogP contribution in [0.1, 0.15) is 367 Å². The first kappa shape index (κ1) is 76.1. The average molecular weight is 1110 g/mol. The first-order chi connectivity index (χ1) is 39.0. The second-order valence-corrected chi connectivity index (χ2v) is 23.4. The predicted octanol–water partition coefficient (Wildman–Crippen LogP) is 23.9. The number of allylic oxidation sites excluding steroid dienone is 10. The number of rotatable bonds is 64. The lowest BCUT2D eigenvalue weighted by atomic mass is 10.0. The molecule has 0 N–H and O–H groups in total. The van der Waals surface area contributed by atoms with E-state index < -0.39 is 6.10 Å². The van der Waals surface area contributed by atoms with Crippen LogP contribution in [0.25, 0.3) is 0 Å². The Labute approximate surface area is 491 Å². The molecule has 6 heteroatoms. The van der Waals surface area contributed by atoms with E-state index >= 15 is 0 Å². The standard InChI is InChI=1S/C73H132O6/c1-4-7-10-13-16-19-22-25-28-29-30-31-32-33-34-35-36-37-38-39-40-41-42-43-46-48-51-54-57-60-63-66-72(75)78-69-70(79-73(76)67-64-61-58-55-52-49-45-27-24-21-18-15-12-9-6-3)68-77-71(74)65-62-59-56-53-50-47-44-26-23-20-17-14-11-8-5-2/h17-18,20-21,26-27,29-30,44-45,70H,4-16,19,22-25,28,31-43,46-69H2,1-3H3/b20-17-,21-18-,30-29-,44-26-,45-27-. The second-order valence-electron chi connectivity index (χ2n) is 23.4. The van der Waals surface area contributed by atoms with E-state index in [9.17, 15) is 14.4 Å². The highest BCUT2D eigenvalue weighted by Gasteiger charge is 2.19. The molecule has 6 nitrogen and oxygen atoms in total. The first-order valence-electron chi connectivity index (χ1n) is 34.8. The van der Waals surface area contributed by atoms with Crippen molar-refractivity contribution in [3.8, 4) is 0 Å². The smallest absolute Gasteiger partial charge is 0.306 e. The molecule has 0 amide bonds. The Bertz CT molecular complexity index is 1410. The maximum atomic E-state index is 12.9. The Morgan fingerprint density at radius 3 is 0.734 bits per heavy atom.